The number of hydrogen-bond donors (Lipinski definition) is 1. The van der Waals surface area contributed by atoms with Crippen LogP contribution in [-0.2, 0) is 0 Å². The molecule has 0 radical (unpaired) electrons. The second-order valence-electron chi connectivity index (χ2n) is 4.23. The van der Waals surface area contributed by atoms with Crippen molar-refractivity contribution < 1.29 is 4.74 Å². The van der Waals surface area contributed by atoms with Gasteiger partial charge in [-0.05, 0) is 32.0 Å². The number of aryl methyl sites for hydroxylation is 1. The third-order valence-electron chi connectivity index (χ3n) is 2.80. The first-order chi connectivity index (χ1) is 9.26. The Morgan fingerprint density at radius 1 is 1.16 bits per heavy atom. The van der Waals surface area contributed by atoms with Crippen molar-refractivity contribution in [2.24, 2.45) is 0 Å². The number of aromatic nitrogens is 4. The standard InChI is InChI=1S/C14H14N4O/c1-3-19-12-7-6-11-14(17-12)18-13(16-11)10-5-4-9(2)15-8-10/h4-8H,3H2,1-2H3,(H,16,17,18). The Balaban J connectivity index is 2.03. The smallest absolute Gasteiger partial charge is 0.215 e. The maximum atomic E-state index is 5.37. The molecule has 0 aliphatic heterocycles. The topological polar surface area (TPSA) is 63.7 Å². The second kappa shape index (κ2) is 4.68. The summed E-state index contributed by atoms with van der Waals surface area (Å²) in [6.07, 6.45) is 1.80. The first-order valence-electron chi connectivity index (χ1n) is 6.19. The van der Waals surface area contributed by atoms with Gasteiger partial charge in [0.1, 0.15) is 5.82 Å². The number of nitrogens with zero attached hydrogens (tertiary/aromatic N) is 3. The summed E-state index contributed by atoms with van der Waals surface area (Å²) in [7, 11) is 0. The van der Waals surface area contributed by atoms with Crippen molar-refractivity contribution in [3.63, 3.8) is 0 Å². The van der Waals surface area contributed by atoms with Gasteiger partial charge in [-0.25, -0.2) is 4.98 Å². The van der Waals surface area contributed by atoms with Gasteiger partial charge in [0.05, 0.1) is 12.1 Å². The van der Waals surface area contributed by atoms with Crippen molar-refractivity contribution in [3.8, 4) is 17.3 Å². The molecule has 19 heavy (non-hydrogen) atoms. The van der Waals surface area contributed by atoms with Crippen LogP contribution >= 0.6 is 0 Å². The van der Waals surface area contributed by atoms with Gasteiger partial charge in [-0.2, -0.15) is 4.98 Å². The summed E-state index contributed by atoms with van der Waals surface area (Å²) in [5.74, 6) is 1.36. The SMILES string of the molecule is CCOc1ccc2[nH]c(-c3ccc(C)nc3)nc2n1. The lowest BCUT2D eigenvalue weighted by atomic mass is 10.2. The fourth-order valence-electron chi connectivity index (χ4n) is 1.85. The van der Waals surface area contributed by atoms with E-state index in [-0.39, 0.29) is 0 Å². The number of nitrogens with one attached hydrogen (secondary N) is 1. The number of ether oxygens (including phenoxy) is 1. The summed E-state index contributed by atoms with van der Waals surface area (Å²) in [6, 6.07) is 7.71. The van der Waals surface area contributed by atoms with Crippen molar-refractivity contribution in [1.82, 2.24) is 19.9 Å². The summed E-state index contributed by atoms with van der Waals surface area (Å²) in [5, 5.41) is 0. The third-order valence-corrected chi connectivity index (χ3v) is 2.80. The summed E-state index contributed by atoms with van der Waals surface area (Å²) in [6.45, 7) is 4.48. The van der Waals surface area contributed by atoms with Gasteiger partial charge in [0, 0.05) is 23.5 Å². The molecular weight excluding hydrogens is 240 g/mol. The Bertz CT molecular complexity index is 703. The second-order valence-corrected chi connectivity index (χ2v) is 4.23. The fourth-order valence-corrected chi connectivity index (χ4v) is 1.85. The number of aromatic amines is 1. The number of hydrogen-bond acceptors (Lipinski definition) is 4. The molecule has 5 heteroatoms. The summed E-state index contributed by atoms with van der Waals surface area (Å²) >= 11 is 0. The van der Waals surface area contributed by atoms with Gasteiger partial charge in [-0.3, -0.25) is 4.98 Å². The lowest BCUT2D eigenvalue weighted by Crippen LogP contribution is -1.93. The van der Waals surface area contributed by atoms with Crippen LogP contribution in [0.4, 0.5) is 0 Å². The number of imidazole rings is 1. The van der Waals surface area contributed by atoms with Gasteiger partial charge < -0.3 is 9.72 Å². The maximum absolute atomic E-state index is 5.37. The van der Waals surface area contributed by atoms with E-state index in [1.54, 1.807) is 6.20 Å². The average molecular weight is 254 g/mol. The van der Waals surface area contributed by atoms with Crippen LogP contribution < -0.4 is 4.74 Å². The molecule has 0 aromatic carbocycles. The van der Waals surface area contributed by atoms with Crippen molar-refractivity contribution in [2.75, 3.05) is 6.61 Å². The molecule has 0 aliphatic rings. The third kappa shape index (κ3) is 2.27. The zero-order valence-electron chi connectivity index (χ0n) is 10.8. The number of H-pyrrole nitrogens is 1. The van der Waals surface area contributed by atoms with Gasteiger partial charge in [-0.1, -0.05) is 0 Å². The average Bonchev–Trinajstić information content (AvgIpc) is 2.83. The molecule has 3 rings (SSSR count). The zero-order valence-corrected chi connectivity index (χ0v) is 10.8. The minimum Gasteiger partial charge on any atom is -0.478 e. The Labute approximate surface area is 110 Å². The van der Waals surface area contributed by atoms with Crippen LogP contribution in [-0.4, -0.2) is 26.5 Å². The molecule has 0 amide bonds. The van der Waals surface area contributed by atoms with Crippen molar-refractivity contribution in [1.29, 1.82) is 0 Å². The van der Waals surface area contributed by atoms with E-state index in [1.807, 2.05) is 38.1 Å². The Morgan fingerprint density at radius 3 is 2.79 bits per heavy atom. The summed E-state index contributed by atoms with van der Waals surface area (Å²) < 4.78 is 5.37. The van der Waals surface area contributed by atoms with Crippen LogP contribution in [0.3, 0.4) is 0 Å². The van der Waals surface area contributed by atoms with E-state index in [1.165, 1.54) is 0 Å². The highest BCUT2D eigenvalue weighted by Gasteiger charge is 2.07. The van der Waals surface area contributed by atoms with Gasteiger partial charge in [0.25, 0.3) is 0 Å². The molecule has 3 aromatic heterocycles. The van der Waals surface area contributed by atoms with Gasteiger partial charge in [0.15, 0.2) is 5.65 Å². The monoisotopic (exact) mass is 254 g/mol. The molecule has 0 unspecified atom stereocenters. The van der Waals surface area contributed by atoms with E-state index in [0.29, 0.717) is 18.1 Å². The minimum absolute atomic E-state index is 0.593. The van der Waals surface area contributed by atoms with Crippen molar-refractivity contribution in [2.45, 2.75) is 13.8 Å². The quantitative estimate of drug-likeness (QED) is 0.780. The van der Waals surface area contributed by atoms with Crippen LogP contribution in [0.25, 0.3) is 22.6 Å². The largest absolute Gasteiger partial charge is 0.478 e. The lowest BCUT2D eigenvalue weighted by molar-refractivity contribution is 0.328. The molecule has 0 fully saturated rings. The van der Waals surface area contributed by atoms with E-state index in [4.69, 9.17) is 4.74 Å². The summed E-state index contributed by atoms with van der Waals surface area (Å²) in [5.41, 5.74) is 3.47. The zero-order chi connectivity index (χ0) is 13.2. The molecule has 0 saturated heterocycles. The number of rotatable bonds is 3. The predicted molar refractivity (Wildman–Crippen MR) is 73.0 cm³/mol. The van der Waals surface area contributed by atoms with E-state index in [2.05, 4.69) is 19.9 Å². The number of fused-ring (bicyclic) bond motifs is 1. The molecule has 5 nitrogen and oxygen atoms in total. The molecule has 0 aliphatic carbocycles. The highest BCUT2D eigenvalue weighted by Crippen LogP contribution is 2.20. The molecule has 0 saturated carbocycles. The molecule has 0 bridgehead atoms. The van der Waals surface area contributed by atoms with Gasteiger partial charge in [-0.15, -0.1) is 0 Å². The molecule has 96 valence electrons. The Morgan fingerprint density at radius 2 is 2.05 bits per heavy atom. The molecule has 0 spiro atoms. The molecular formula is C14H14N4O. The Kier molecular flexibility index (Phi) is 2.87. The van der Waals surface area contributed by atoms with E-state index in [9.17, 15) is 0 Å². The van der Waals surface area contributed by atoms with Crippen LogP contribution in [0, 0.1) is 6.92 Å². The fraction of sp³-hybridized carbons (Fsp3) is 0.214. The lowest BCUT2D eigenvalue weighted by Gasteiger charge is -1.99. The molecule has 3 heterocycles. The molecule has 3 aromatic rings. The van der Waals surface area contributed by atoms with Crippen LogP contribution in [0.15, 0.2) is 30.5 Å². The van der Waals surface area contributed by atoms with Gasteiger partial charge in [0.2, 0.25) is 5.88 Å². The van der Waals surface area contributed by atoms with Crippen molar-refractivity contribution in [3.05, 3.63) is 36.2 Å². The van der Waals surface area contributed by atoms with E-state index < -0.39 is 0 Å². The highest BCUT2D eigenvalue weighted by molar-refractivity contribution is 5.76. The molecule has 1 N–H and O–H groups in total. The predicted octanol–water partition coefficient (Wildman–Crippen LogP) is 2.73. The van der Waals surface area contributed by atoms with E-state index in [0.717, 1.165) is 22.6 Å². The highest BCUT2D eigenvalue weighted by atomic mass is 16.5. The number of pyridine rings is 2. The van der Waals surface area contributed by atoms with Crippen LogP contribution in [0.5, 0.6) is 5.88 Å². The molecule has 0 atom stereocenters. The minimum atomic E-state index is 0.593. The van der Waals surface area contributed by atoms with Crippen molar-refractivity contribution >= 4 is 11.2 Å². The summed E-state index contributed by atoms with van der Waals surface area (Å²) in [4.78, 5) is 16.3. The maximum Gasteiger partial charge on any atom is 0.215 e. The van der Waals surface area contributed by atoms with Gasteiger partial charge >= 0.3 is 0 Å². The normalized spacial score (nSPS) is 10.8. The Hall–Kier alpha value is -2.43. The first kappa shape index (κ1) is 11.6. The van der Waals surface area contributed by atoms with E-state index >= 15 is 0 Å². The van der Waals surface area contributed by atoms with Crippen LogP contribution in [0.2, 0.25) is 0 Å². The van der Waals surface area contributed by atoms with Crippen LogP contribution in [0.1, 0.15) is 12.6 Å². The first-order valence-corrected chi connectivity index (χ1v) is 6.19.